The fourth-order valence-corrected chi connectivity index (χ4v) is 4.12. The van der Waals surface area contributed by atoms with E-state index in [0.717, 1.165) is 33.5 Å². The lowest BCUT2D eigenvalue weighted by molar-refractivity contribution is 0.0200. The normalized spacial score (nSPS) is 11.5. The molecule has 8 nitrogen and oxygen atoms in total. The van der Waals surface area contributed by atoms with E-state index in [2.05, 4.69) is 11.1 Å². The lowest BCUT2D eigenvalue weighted by atomic mass is 9.96. The number of carbonyl (C=O) groups is 1. The number of carbonyl (C=O) groups excluding carboxylic acids is 1. The molecule has 37 heavy (non-hydrogen) atoms. The fraction of sp³-hybridized carbons (Fsp3) is 0.276. The molecule has 2 aromatic carbocycles. The second-order valence-corrected chi connectivity index (χ2v) is 9.96. The molecule has 0 bridgehead atoms. The van der Waals surface area contributed by atoms with Crippen molar-refractivity contribution < 1.29 is 14.6 Å². The zero-order valence-electron chi connectivity index (χ0n) is 21.6. The largest absolute Gasteiger partial charge is 0.444 e. The van der Waals surface area contributed by atoms with Gasteiger partial charge >= 0.3 is 6.09 Å². The third-order valence-corrected chi connectivity index (χ3v) is 6.05. The van der Waals surface area contributed by atoms with Crippen LogP contribution in [0.25, 0.3) is 27.9 Å². The highest BCUT2D eigenvalue weighted by atomic mass is 16.6. The monoisotopic (exact) mass is 500 g/mol. The minimum atomic E-state index is -0.693. The molecule has 0 atom stereocenters. The van der Waals surface area contributed by atoms with Crippen molar-refractivity contribution in [1.29, 1.82) is 0 Å². The summed E-state index contributed by atoms with van der Waals surface area (Å²) in [6, 6.07) is 17.7. The van der Waals surface area contributed by atoms with Crippen LogP contribution in [-0.4, -0.2) is 44.2 Å². The van der Waals surface area contributed by atoms with Crippen molar-refractivity contribution in [3.8, 4) is 22.3 Å². The van der Waals surface area contributed by atoms with Crippen LogP contribution in [0.1, 0.15) is 31.9 Å². The number of nitrogens with zero attached hydrogens (tertiary/aromatic N) is 3. The van der Waals surface area contributed by atoms with Gasteiger partial charge in [0.2, 0.25) is 0 Å². The Morgan fingerprint density at radius 2 is 1.78 bits per heavy atom. The Bertz CT molecular complexity index is 1500. The lowest BCUT2D eigenvalue weighted by Gasteiger charge is -2.26. The van der Waals surface area contributed by atoms with Crippen molar-refractivity contribution in [2.24, 2.45) is 0 Å². The Kier molecular flexibility index (Phi) is 7.31. The average molecular weight is 501 g/mol. The number of rotatable bonds is 6. The minimum absolute atomic E-state index is 0.0202. The van der Waals surface area contributed by atoms with Gasteiger partial charge in [-0.15, -0.1) is 0 Å². The van der Waals surface area contributed by atoms with E-state index in [0.29, 0.717) is 11.2 Å². The molecule has 0 aliphatic heterocycles. The number of aliphatic hydroxyl groups is 1. The molecule has 0 spiro atoms. The van der Waals surface area contributed by atoms with E-state index in [9.17, 15) is 14.7 Å². The molecule has 2 heterocycles. The maximum atomic E-state index is 13.2. The summed E-state index contributed by atoms with van der Waals surface area (Å²) >= 11 is 0. The number of ether oxygens (including phenoxy) is 1. The molecule has 4 rings (SSSR count). The van der Waals surface area contributed by atoms with Crippen molar-refractivity contribution in [3.63, 3.8) is 0 Å². The van der Waals surface area contributed by atoms with Gasteiger partial charge in [-0.1, -0.05) is 30.3 Å². The number of fused-ring (bicyclic) bond motifs is 1. The Balaban J connectivity index is 1.65. The molecule has 1 amide bonds. The standard InChI is InChI=1S/C29H32N4O4/c1-19-24(9-6-10-25(19)30)22-8-5-7-20(15-22)21-11-12-33-26(16-21)31-17-23(27(33)35)18-32(13-14-34)28(36)37-29(2,3)4/h5-12,15-17,34H,13-14,18,30H2,1-4H3. The van der Waals surface area contributed by atoms with E-state index < -0.39 is 11.7 Å². The van der Waals surface area contributed by atoms with Crippen LogP contribution in [-0.2, 0) is 11.3 Å². The highest BCUT2D eigenvalue weighted by Gasteiger charge is 2.23. The number of anilines is 1. The van der Waals surface area contributed by atoms with E-state index in [-0.39, 0.29) is 25.3 Å². The summed E-state index contributed by atoms with van der Waals surface area (Å²) in [5.41, 5.74) is 11.7. The van der Waals surface area contributed by atoms with Gasteiger partial charge in [0.05, 0.1) is 18.7 Å². The third-order valence-electron chi connectivity index (χ3n) is 6.05. The zero-order valence-corrected chi connectivity index (χ0v) is 21.6. The topological polar surface area (TPSA) is 110 Å². The van der Waals surface area contributed by atoms with Gasteiger partial charge in [-0.25, -0.2) is 9.78 Å². The van der Waals surface area contributed by atoms with Gasteiger partial charge < -0.3 is 20.5 Å². The summed E-state index contributed by atoms with van der Waals surface area (Å²) < 4.78 is 6.87. The van der Waals surface area contributed by atoms with Crippen LogP contribution in [0.15, 0.2) is 71.8 Å². The molecular weight excluding hydrogens is 468 g/mol. The van der Waals surface area contributed by atoms with E-state index >= 15 is 0 Å². The van der Waals surface area contributed by atoms with Crippen LogP contribution < -0.4 is 11.3 Å². The average Bonchev–Trinajstić information content (AvgIpc) is 2.85. The number of nitrogen functional groups attached to an aromatic ring is 1. The Morgan fingerprint density at radius 1 is 1.08 bits per heavy atom. The van der Waals surface area contributed by atoms with Gasteiger partial charge in [0.15, 0.2) is 0 Å². The molecule has 0 fully saturated rings. The van der Waals surface area contributed by atoms with Crippen LogP contribution in [0.4, 0.5) is 10.5 Å². The molecule has 0 saturated heterocycles. The molecule has 0 saturated carbocycles. The Labute approximate surface area is 216 Å². The number of hydrogen-bond donors (Lipinski definition) is 2. The highest BCUT2D eigenvalue weighted by molar-refractivity contribution is 5.78. The molecule has 0 aliphatic rings. The Hall–Kier alpha value is -4.17. The molecule has 4 aromatic rings. The van der Waals surface area contributed by atoms with Crippen molar-refractivity contribution in [1.82, 2.24) is 14.3 Å². The first-order valence-corrected chi connectivity index (χ1v) is 12.1. The van der Waals surface area contributed by atoms with Gasteiger partial charge in [0.1, 0.15) is 11.2 Å². The van der Waals surface area contributed by atoms with Crippen LogP contribution >= 0.6 is 0 Å². The number of aromatic nitrogens is 2. The molecule has 2 aromatic heterocycles. The predicted octanol–water partition coefficient (Wildman–Crippen LogP) is 4.65. The SMILES string of the molecule is Cc1c(N)cccc1-c1cccc(-c2ccn3c(=O)c(CN(CCO)C(=O)OC(C)(C)C)cnc3c2)c1. The maximum absolute atomic E-state index is 13.2. The summed E-state index contributed by atoms with van der Waals surface area (Å²) in [5.74, 6) is 0. The lowest BCUT2D eigenvalue weighted by Crippen LogP contribution is -2.39. The van der Waals surface area contributed by atoms with Crippen molar-refractivity contribution in [2.75, 3.05) is 18.9 Å². The summed E-state index contributed by atoms with van der Waals surface area (Å²) in [7, 11) is 0. The van der Waals surface area contributed by atoms with Gasteiger partial charge in [-0.05, 0) is 79.8 Å². The maximum Gasteiger partial charge on any atom is 0.410 e. The Morgan fingerprint density at radius 3 is 2.51 bits per heavy atom. The highest BCUT2D eigenvalue weighted by Crippen LogP contribution is 2.30. The van der Waals surface area contributed by atoms with Crippen molar-refractivity contribution >= 4 is 17.4 Å². The van der Waals surface area contributed by atoms with Crippen LogP contribution in [0.2, 0.25) is 0 Å². The van der Waals surface area contributed by atoms with E-state index in [1.807, 2.05) is 55.5 Å². The van der Waals surface area contributed by atoms with Gasteiger partial charge in [-0.3, -0.25) is 9.20 Å². The fourth-order valence-electron chi connectivity index (χ4n) is 4.12. The number of nitrogens with two attached hydrogens (primary N) is 1. The van der Waals surface area contributed by atoms with E-state index in [1.54, 1.807) is 27.0 Å². The zero-order chi connectivity index (χ0) is 26.7. The number of pyridine rings is 1. The van der Waals surface area contributed by atoms with Crippen LogP contribution in [0, 0.1) is 6.92 Å². The molecular formula is C29H32N4O4. The first kappa shape index (κ1) is 25.9. The van der Waals surface area contributed by atoms with Gasteiger partial charge in [0, 0.05) is 24.6 Å². The second-order valence-electron chi connectivity index (χ2n) is 9.96. The van der Waals surface area contributed by atoms with Gasteiger partial charge in [0.25, 0.3) is 5.56 Å². The van der Waals surface area contributed by atoms with E-state index in [1.165, 1.54) is 15.5 Å². The smallest absolute Gasteiger partial charge is 0.410 e. The summed E-state index contributed by atoms with van der Waals surface area (Å²) in [5, 5.41) is 9.41. The first-order valence-electron chi connectivity index (χ1n) is 12.1. The van der Waals surface area contributed by atoms with Crippen molar-refractivity contribution in [3.05, 3.63) is 88.5 Å². The number of benzene rings is 2. The first-order chi connectivity index (χ1) is 17.6. The molecule has 192 valence electrons. The summed E-state index contributed by atoms with van der Waals surface area (Å²) in [6.45, 7) is 7.06. The third kappa shape index (κ3) is 5.81. The number of aliphatic hydroxyl groups excluding tert-OH is 1. The molecule has 3 N–H and O–H groups in total. The van der Waals surface area contributed by atoms with Crippen LogP contribution in [0.3, 0.4) is 0 Å². The molecule has 0 unspecified atom stereocenters. The quantitative estimate of drug-likeness (QED) is 0.373. The van der Waals surface area contributed by atoms with Crippen LogP contribution in [0.5, 0.6) is 0 Å². The van der Waals surface area contributed by atoms with Crippen molar-refractivity contribution in [2.45, 2.75) is 39.8 Å². The summed E-state index contributed by atoms with van der Waals surface area (Å²) in [6.07, 6.45) is 2.56. The predicted molar refractivity (Wildman–Crippen MR) is 145 cm³/mol. The van der Waals surface area contributed by atoms with Gasteiger partial charge in [-0.2, -0.15) is 0 Å². The second kappa shape index (κ2) is 10.4. The summed E-state index contributed by atoms with van der Waals surface area (Å²) in [4.78, 5) is 31.5. The molecule has 8 heteroatoms. The molecule has 0 radical (unpaired) electrons. The number of amides is 1. The number of hydrogen-bond acceptors (Lipinski definition) is 6. The minimum Gasteiger partial charge on any atom is -0.444 e. The molecule has 0 aliphatic carbocycles. The van der Waals surface area contributed by atoms with E-state index in [4.69, 9.17) is 10.5 Å².